The minimum atomic E-state index is -1.54. The third kappa shape index (κ3) is 3.28. The Morgan fingerprint density at radius 2 is 1.76 bits per heavy atom. The minimum absolute atomic E-state index is 0.129. The van der Waals surface area contributed by atoms with Gasteiger partial charge in [0.2, 0.25) is 6.29 Å². The predicted molar refractivity (Wildman–Crippen MR) is 67.5 cm³/mol. The SMILES string of the molecule is O=[N+]([O-])c1ccc(OC2OC(CO)C(O)C(O)[C@@H]2O)cc1. The van der Waals surface area contributed by atoms with Crippen LogP contribution < -0.4 is 4.74 Å². The molecule has 1 aromatic carbocycles. The Balaban J connectivity index is 2.08. The van der Waals surface area contributed by atoms with Crippen LogP contribution in [-0.2, 0) is 4.74 Å². The molecule has 4 N–H and O–H groups in total. The summed E-state index contributed by atoms with van der Waals surface area (Å²) in [6, 6.07) is 5.03. The van der Waals surface area contributed by atoms with Crippen LogP contribution in [0.3, 0.4) is 0 Å². The number of aliphatic hydroxyl groups is 4. The van der Waals surface area contributed by atoms with E-state index in [4.69, 9.17) is 14.6 Å². The topological polar surface area (TPSA) is 143 Å². The zero-order chi connectivity index (χ0) is 15.6. The summed E-state index contributed by atoms with van der Waals surface area (Å²) in [6.45, 7) is -0.564. The molecule has 0 bridgehead atoms. The van der Waals surface area contributed by atoms with Crippen LogP contribution in [0.2, 0.25) is 0 Å². The summed E-state index contributed by atoms with van der Waals surface area (Å²) in [5, 5.41) is 48.6. The average Bonchev–Trinajstić information content (AvgIpc) is 2.48. The van der Waals surface area contributed by atoms with E-state index in [-0.39, 0.29) is 11.4 Å². The molecule has 1 aliphatic heterocycles. The number of nitro groups is 1. The average molecular weight is 301 g/mol. The van der Waals surface area contributed by atoms with Crippen molar-refractivity contribution >= 4 is 5.69 Å². The maximum atomic E-state index is 10.5. The zero-order valence-corrected chi connectivity index (χ0v) is 10.8. The second-order valence-corrected chi connectivity index (χ2v) is 4.57. The monoisotopic (exact) mass is 301 g/mol. The molecule has 0 amide bonds. The molecule has 1 heterocycles. The number of non-ortho nitro benzene ring substituents is 1. The Bertz CT molecular complexity index is 491. The van der Waals surface area contributed by atoms with Crippen LogP contribution >= 0.6 is 0 Å². The molecule has 0 spiro atoms. The van der Waals surface area contributed by atoms with Crippen molar-refractivity contribution in [3.8, 4) is 5.75 Å². The summed E-state index contributed by atoms with van der Waals surface area (Å²) in [6.07, 6.45) is -6.94. The molecule has 2 rings (SSSR count). The van der Waals surface area contributed by atoms with Crippen molar-refractivity contribution < 1.29 is 34.8 Å². The minimum Gasteiger partial charge on any atom is -0.462 e. The maximum absolute atomic E-state index is 10.5. The Hall–Kier alpha value is -1.78. The van der Waals surface area contributed by atoms with Crippen molar-refractivity contribution in [1.82, 2.24) is 0 Å². The fraction of sp³-hybridized carbons (Fsp3) is 0.500. The third-order valence-electron chi connectivity index (χ3n) is 3.15. The van der Waals surface area contributed by atoms with Crippen LogP contribution in [0.25, 0.3) is 0 Å². The number of rotatable bonds is 4. The van der Waals surface area contributed by atoms with E-state index in [1.165, 1.54) is 24.3 Å². The smallest absolute Gasteiger partial charge is 0.269 e. The highest BCUT2D eigenvalue weighted by molar-refractivity contribution is 5.36. The fourth-order valence-electron chi connectivity index (χ4n) is 1.95. The van der Waals surface area contributed by atoms with Gasteiger partial charge >= 0.3 is 0 Å². The van der Waals surface area contributed by atoms with E-state index < -0.39 is 42.2 Å². The summed E-state index contributed by atoms with van der Waals surface area (Å²) in [5.74, 6) is 0.171. The van der Waals surface area contributed by atoms with Crippen LogP contribution in [-0.4, -0.2) is 62.7 Å². The van der Waals surface area contributed by atoms with Crippen LogP contribution in [0, 0.1) is 10.1 Å². The molecule has 21 heavy (non-hydrogen) atoms. The van der Waals surface area contributed by atoms with Gasteiger partial charge in [0.25, 0.3) is 5.69 Å². The van der Waals surface area contributed by atoms with Gasteiger partial charge < -0.3 is 29.9 Å². The molecule has 0 radical (unpaired) electrons. The second-order valence-electron chi connectivity index (χ2n) is 4.57. The molecule has 9 nitrogen and oxygen atoms in total. The van der Waals surface area contributed by atoms with Gasteiger partial charge in [-0.15, -0.1) is 0 Å². The number of ether oxygens (including phenoxy) is 2. The highest BCUT2D eigenvalue weighted by Crippen LogP contribution is 2.25. The van der Waals surface area contributed by atoms with E-state index in [0.29, 0.717) is 0 Å². The van der Waals surface area contributed by atoms with Gasteiger partial charge in [-0.1, -0.05) is 0 Å². The molecule has 116 valence electrons. The molecule has 0 aromatic heterocycles. The first kappa shape index (κ1) is 15.6. The van der Waals surface area contributed by atoms with Crippen LogP contribution in [0.5, 0.6) is 5.75 Å². The molecule has 5 atom stereocenters. The quantitative estimate of drug-likeness (QED) is 0.400. The number of aliphatic hydroxyl groups excluding tert-OH is 4. The van der Waals surface area contributed by atoms with Gasteiger partial charge in [-0.2, -0.15) is 0 Å². The number of nitrogens with zero attached hydrogens (tertiary/aromatic N) is 1. The Morgan fingerprint density at radius 3 is 2.29 bits per heavy atom. The van der Waals surface area contributed by atoms with Gasteiger partial charge in [-0.25, -0.2) is 0 Å². The van der Waals surface area contributed by atoms with Crippen molar-refractivity contribution in [1.29, 1.82) is 0 Å². The normalized spacial score (nSPS) is 32.7. The van der Waals surface area contributed by atoms with Crippen LogP contribution in [0.15, 0.2) is 24.3 Å². The molecule has 4 unspecified atom stereocenters. The number of hydrogen-bond acceptors (Lipinski definition) is 8. The van der Waals surface area contributed by atoms with Crippen molar-refractivity contribution in [3.63, 3.8) is 0 Å². The van der Waals surface area contributed by atoms with Crippen molar-refractivity contribution in [2.24, 2.45) is 0 Å². The lowest BCUT2D eigenvalue weighted by Gasteiger charge is -2.39. The van der Waals surface area contributed by atoms with E-state index in [2.05, 4.69) is 0 Å². The summed E-state index contributed by atoms with van der Waals surface area (Å²) in [5.41, 5.74) is -0.129. The summed E-state index contributed by atoms with van der Waals surface area (Å²) in [7, 11) is 0. The van der Waals surface area contributed by atoms with E-state index in [0.717, 1.165) is 0 Å². The second kappa shape index (κ2) is 6.33. The van der Waals surface area contributed by atoms with Crippen LogP contribution in [0.1, 0.15) is 0 Å². The van der Waals surface area contributed by atoms with Gasteiger partial charge in [-0.3, -0.25) is 10.1 Å². The van der Waals surface area contributed by atoms with E-state index >= 15 is 0 Å². The molecule has 1 saturated heterocycles. The summed E-state index contributed by atoms with van der Waals surface area (Å²) >= 11 is 0. The zero-order valence-electron chi connectivity index (χ0n) is 10.8. The Labute approximate surface area is 119 Å². The molecule has 0 saturated carbocycles. The highest BCUT2D eigenvalue weighted by Gasteiger charge is 2.44. The molecule has 1 aliphatic rings. The van der Waals surface area contributed by atoms with Gasteiger partial charge in [0, 0.05) is 12.1 Å². The highest BCUT2D eigenvalue weighted by atomic mass is 16.7. The van der Waals surface area contributed by atoms with Gasteiger partial charge in [0.1, 0.15) is 30.2 Å². The predicted octanol–water partition coefficient (Wildman–Crippen LogP) is -1.23. The van der Waals surface area contributed by atoms with Gasteiger partial charge in [0.05, 0.1) is 11.5 Å². The van der Waals surface area contributed by atoms with Crippen molar-refractivity contribution in [2.45, 2.75) is 30.7 Å². The molecule has 1 aromatic rings. The Morgan fingerprint density at radius 1 is 1.14 bits per heavy atom. The molecule has 0 aliphatic carbocycles. The number of nitro benzene ring substituents is 1. The lowest BCUT2D eigenvalue weighted by Crippen LogP contribution is -2.60. The summed E-state index contributed by atoms with van der Waals surface area (Å²) < 4.78 is 10.4. The third-order valence-corrected chi connectivity index (χ3v) is 3.15. The molecule has 1 fully saturated rings. The largest absolute Gasteiger partial charge is 0.462 e. The molecular weight excluding hydrogens is 286 g/mol. The molecule has 9 heteroatoms. The summed E-state index contributed by atoms with van der Waals surface area (Å²) in [4.78, 5) is 9.95. The van der Waals surface area contributed by atoms with Crippen LogP contribution in [0.4, 0.5) is 5.69 Å². The van der Waals surface area contributed by atoms with Gasteiger partial charge in [-0.05, 0) is 12.1 Å². The lowest BCUT2D eigenvalue weighted by molar-refractivity contribution is -0.384. The molecular formula is C12H15NO8. The lowest BCUT2D eigenvalue weighted by atomic mass is 9.99. The van der Waals surface area contributed by atoms with Gasteiger partial charge in [0.15, 0.2) is 0 Å². The maximum Gasteiger partial charge on any atom is 0.269 e. The first-order chi connectivity index (χ1) is 9.93. The fourth-order valence-corrected chi connectivity index (χ4v) is 1.95. The number of hydrogen-bond donors (Lipinski definition) is 4. The standard InChI is InChI=1S/C12H15NO8/c14-5-8-9(15)10(16)11(17)12(21-8)20-7-3-1-6(2-4-7)13(18)19/h1-4,8-12,14-17H,5H2/t8?,9?,10?,11-,12?/m0/s1. The Kier molecular flexibility index (Phi) is 4.70. The van der Waals surface area contributed by atoms with E-state index in [1.54, 1.807) is 0 Å². The first-order valence-corrected chi connectivity index (χ1v) is 6.15. The van der Waals surface area contributed by atoms with E-state index in [1.807, 2.05) is 0 Å². The van der Waals surface area contributed by atoms with Crippen molar-refractivity contribution in [2.75, 3.05) is 6.61 Å². The van der Waals surface area contributed by atoms with E-state index in [9.17, 15) is 25.4 Å². The number of benzene rings is 1. The van der Waals surface area contributed by atoms with Crippen molar-refractivity contribution in [3.05, 3.63) is 34.4 Å². The first-order valence-electron chi connectivity index (χ1n) is 6.15.